The van der Waals surface area contributed by atoms with Crippen molar-refractivity contribution in [2.24, 2.45) is 5.92 Å². The van der Waals surface area contributed by atoms with Crippen LogP contribution in [0, 0.1) is 5.92 Å². The molecular weight excluding hydrogens is 236 g/mol. The van der Waals surface area contributed by atoms with Gasteiger partial charge in [-0.1, -0.05) is 6.07 Å². The van der Waals surface area contributed by atoms with E-state index in [4.69, 9.17) is 0 Å². The number of fused-ring (bicyclic) bond motifs is 1. The van der Waals surface area contributed by atoms with Gasteiger partial charge < -0.3 is 5.11 Å². The Labute approximate surface area is 102 Å². The molecule has 0 heterocycles. The lowest BCUT2D eigenvalue weighted by atomic mass is 10.1. The molecule has 1 aliphatic carbocycles. The molecule has 1 aromatic rings. The number of phenolic OH excluding ortho intramolecular Hbond substituents is 1. The maximum atomic E-state index is 11.9. The van der Waals surface area contributed by atoms with Crippen LogP contribution in [-0.4, -0.2) is 24.5 Å². The minimum atomic E-state index is -2.97. The quantitative estimate of drug-likeness (QED) is 0.896. The Morgan fingerprint density at radius 1 is 1.29 bits per heavy atom. The Bertz CT molecular complexity index is 517. The lowest BCUT2D eigenvalue weighted by molar-refractivity contribution is 0.474. The molecule has 17 heavy (non-hydrogen) atoms. The lowest BCUT2D eigenvalue weighted by Gasteiger charge is -2.12. The van der Waals surface area contributed by atoms with Gasteiger partial charge in [-0.3, -0.25) is 0 Å². The van der Waals surface area contributed by atoms with E-state index >= 15 is 0 Å². The molecule has 0 unspecified atom stereocenters. The third kappa shape index (κ3) is 2.63. The van der Waals surface area contributed by atoms with E-state index in [1.807, 2.05) is 6.07 Å². The maximum absolute atomic E-state index is 11.9. The van der Waals surface area contributed by atoms with Gasteiger partial charge in [0.15, 0.2) is 9.84 Å². The second-order valence-corrected chi connectivity index (χ2v) is 7.71. The van der Waals surface area contributed by atoms with Gasteiger partial charge in [-0.25, -0.2) is 8.42 Å². The Balaban J connectivity index is 2.11. The van der Waals surface area contributed by atoms with Crippen molar-refractivity contribution >= 4 is 9.84 Å². The summed E-state index contributed by atoms with van der Waals surface area (Å²) in [7, 11) is -2.97. The van der Waals surface area contributed by atoms with Crippen molar-refractivity contribution in [3.63, 3.8) is 0 Å². The topological polar surface area (TPSA) is 54.4 Å². The molecule has 0 aliphatic heterocycles. The van der Waals surface area contributed by atoms with Crippen LogP contribution in [0.3, 0.4) is 0 Å². The Morgan fingerprint density at radius 3 is 2.59 bits per heavy atom. The van der Waals surface area contributed by atoms with Gasteiger partial charge in [0.1, 0.15) is 5.75 Å². The molecule has 0 radical (unpaired) electrons. The molecule has 3 nitrogen and oxygen atoms in total. The monoisotopic (exact) mass is 254 g/mol. The predicted molar refractivity (Wildman–Crippen MR) is 67.9 cm³/mol. The molecule has 0 aromatic heterocycles. The van der Waals surface area contributed by atoms with Crippen molar-refractivity contribution in [1.29, 1.82) is 0 Å². The number of benzene rings is 1. The van der Waals surface area contributed by atoms with Crippen LogP contribution in [0.5, 0.6) is 5.75 Å². The average molecular weight is 254 g/mol. The highest BCUT2D eigenvalue weighted by Crippen LogP contribution is 2.30. The van der Waals surface area contributed by atoms with Crippen LogP contribution in [0.1, 0.15) is 25.0 Å². The normalized spacial score (nSPS) is 19.6. The molecule has 0 amide bonds. The standard InChI is InChI=1S/C13H18O3S/c1-9(2)17(15,16)8-10-5-11-3-4-13(14)7-12(11)6-10/h3-4,7,9-10,14H,5-6,8H2,1-2H3/t10-/m0/s1. The minimum absolute atomic E-state index is 0.166. The third-order valence-corrected chi connectivity index (χ3v) is 5.77. The zero-order valence-electron chi connectivity index (χ0n) is 10.2. The van der Waals surface area contributed by atoms with Gasteiger partial charge in [0.05, 0.1) is 11.0 Å². The first-order chi connectivity index (χ1) is 7.88. The SMILES string of the molecule is CC(C)S(=O)(=O)C[C@H]1Cc2ccc(O)cc2C1. The van der Waals surface area contributed by atoms with E-state index in [1.54, 1.807) is 26.0 Å². The smallest absolute Gasteiger partial charge is 0.152 e. The summed E-state index contributed by atoms with van der Waals surface area (Å²) in [4.78, 5) is 0. The molecule has 0 saturated heterocycles. The molecule has 1 N–H and O–H groups in total. The highest BCUT2D eigenvalue weighted by Gasteiger charge is 2.28. The van der Waals surface area contributed by atoms with Gasteiger partial charge in [-0.2, -0.15) is 0 Å². The molecule has 1 aliphatic rings. The summed E-state index contributed by atoms with van der Waals surface area (Å²) in [6.45, 7) is 3.45. The van der Waals surface area contributed by atoms with Gasteiger partial charge in [-0.05, 0) is 55.9 Å². The van der Waals surface area contributed by atoms with Crippen molar-refractivity contribution in [3.05, 3.63) is 29.3 Å². The first-order valence-corrected chi connectivity index (χ1v) is 7.62. The summed E-state index contributed by atoms with van der Waals surface area (Å²) < 4.78 is 23.7. The van der Waals surface area contributed by atoms with E-state index in [0.717, 1.165) is 18.4 Å². The van der Waals surface area contributed by atoms with Crippen molar-refractivity contribution in [2.45, 2.75) is 31.9 Å². The molecule has 2 rings (SSSR count). The average Bonchev–Trinajstić information content (AvgIpc) is 2.57. The summed E-state index contributed by atoms with van der Waals surface area (Å²) in [5, 5.41) is 9.08. The largest absolute Gasteiger partial charge is 0.508 e. The lowest BCUT2D eigenvalue weighted by Crippen LogP contribution is -2.23. The van der Waals surface area contributed by atoms with E-state index in [9.17, 15) is 13.5 Å². The fourth-order valence-electron chi connectivity index (χ4n) is 2.33. The van der Waals surface area contributed by atoms with Crippen molar-refractivity contribution < 1.29 is 13.5 Å². The fraction of sp³-hybridized carbons (Fsp3) is 0.538. The fourth-order valence-corrected chi connectivity index (χ4v) is 3.61. The summed E-state index contributed by atoms with van der Waals surface area (Å²) in [5.41, 5.74) is 2.26. The van der Waals surface area contributed by atoms with E-state index in [-0.39, 0.29) is 22.7 Å². The zero-order valence-corrected chi connectivity index (χ0v) is 11.0. The van der Waals surface area contributed by atoms with Crippen molar-refractivity contribution in [2.75, 3.05) is 5.75 Å². The number of sulfone groups is 1. The number of phenols is 1. The number of hydrogen-bond acceptors (Lipinski definition) is 3. The summed E-state index contributed by atoms with van der Waals surface area (Å²) in [6.07, 6.45) is 1.57. The van der Waals surface area contributed by atoms with Crippen LogP contribution in [0.4, 0.5) is 0 Å². The molecule has 1 aromatic carbocycles. The van der Waals surface area contributed by atoms with Crippen LogP contribution in [0.25, 0.3) is 0 Å². The van der Waals surface area contributed by atoms with Crippen molar-refractivity contribution in [1.82, 2.24) is 0 Å². The van der Waals surface area contributed by atoms with E-state index in [2.05, 4.69) is 0 Å². The minimum Gasteiger partial charge on any atom is -0.508 e. The Kier molecular flexibility index (Phi) is 3.17. The highest BCUT2D eigenvalue weighted by atomic mass is 32.2. The van der Waals surface area contributed by atoms with Crippen LogP contribution >= 0.6 is 0 Å². The molecule has 1 atom stereocenters. The second-order valence-electron chi connectivity index (χ2n) is 5.11. The molecule has 0 saturated carbocycles. The third-order valence-electron chi connectivity index (χ3n) is 3.39. The highest BCUT2D eigenvalue weighted by molar-refractivity contribution is 7.91. The molecule has 0 spiro atoms. The number of aromatic hydroxyl groups is 1. The van der Waals surface area contributed by atoms with Crippen LogP contribution in [-0.2, 0) is 22.7 Å². The van der Waals surface area contributed by atoms with E-state index in [1.165, 1.54) is 5.56 Å². The van der Waals surface area contributed by atoms with E-state index in [0.29, 0.717) is 0 Å². The molecule has 0 fully saturated rings. The van der Waals surface area contributed by atoms with Gasteiger partial charge in [-0.15, -0.1) is 0 Å². The number of hydrogen-bond donors (Lipinski definition) is 1. The van der Waals surface area contributed by atoms with Gasteiger partial charge >= 0.3 is 0 Å². The van der Waals surface area contributed by atoms with Gasteiger partial charge in [0.2, 0.25) is 0 Å². The molecular formula is C13H18O3S. The van der Waals surface area contributed by atoms with Gasteiger partial charge in [0, 0.05) is 0 Å². The van der Waals surface area contributed by atoms with Crippen molar-refractivity contribution in [3.8, 4) is 5.75 Å². The van der Waals surface area contributed by atoms with Crippen LogP contribution < -0.4 is 0 Å². The molecule has 94 valence electrons. The summed E-state index contributed by atoms with van der Waals surface area (Å²) in [5.74, 6) is 0.676. The summed E-state index contributed by atoms with van der Waals surface area (Å²) in [6, 6.07) is 5.31. The van der Waals surface area contributed by atoms with E-state index < -0.39 is 9.84 Å². The predicted octanol–water partition coefficient (Wildman–Crippen LogP) is 1.93. The Morgan fingerprint density at radius 2 is 1.94 bits per heavy atom. The number of rotatable bonds is 3. The Hall–Kier alpha value is -1.03. The first kappa shape index (κ1) is 12.4. The van der Waals surface area contributed by atoms with Crippen LogP contribution in [0.15, 0.2) is 18.2 Å². The second kappa shape index (κ2) is 4.33. The van der Waals surface area contributed by atoms with Gasteiger partial charge in [0.25, 0.3) is 0 Å². The zero-order chi connectivity index (χ0) is 12.6. The maximum Gasteiger partial charge on any atom is 0.152 e. The summed E-state index contributed by atoms with van der Waals surface area (Å²) >= 11 is 0. The first-order valence-electron chi connectivity index (χ1n) is 5.91. The van der Waals surface area contributed by atoms with Crippen LogP contribution in [0.2, 0.25) is 0 Å². The molecule has 4 heteroatoms. The molecule has 0 bridgehead atoms.